The molecule has 2 heterocycles. The summed E-state index contributed by atoms with van der Waals surface area (Å²) in [5.41, 5.74) is 4.30. The van der Waals surface area contributed by atoms with Gasteiger partial charge < -0.3 is 5.11 Å². The van der Waals surface area contributed by atoms with E-state index in [9.17, 15) is 9.90 Å². The summed E-state index contributed by atoms with van der Waals surface area (Å²) in [6, 6.07) is 8.28. The monoisotopic (exact) mass is 359 g/mol. The molecule has 1 aromatic carbocycles. The summed E-state index contributed by atoms with van der Waals surface area (Å²) < 4.78 is 3.35. The van der Waals surface area contributed by atoms with Gasteiger partial charge in [-0.2, -0.15) is 0 Å². The van der Waals surface area contributed by atoms with Crippen LogP contribution < -0.4 is 5.69 Å². The summed E-state index contributed by atoms with van der Waals surface area (Å²) in [7, 11) is 3.60. The van der Waals surface area contributed by atoms with Crippen molar-refractivity contribution in [2.24, 2.45) is 14.1 Å². The Morgan fingerprint density at radius 1 is 1.16 bits per heavy atom. The highest BCUT2D eigenvalue weighted by molar-refractivity contribution is 7.10. The van der Waals surface area contributed by atoms with E-state index >= 15 is 0 Å². The number of benzene rings is 1. The van der Waals surface area contributed by atoms with Crippen molar-refractivity contribution in [2.45, 2.75) is 33.0 Å². The van der Waals surface area contributed by atoms with Crippen LogP contribution in [-0.4, -0.2) is 31.8 Å². The first-order valence-electron chi connectivity index (χ1n) is 8.44. The molecular weight excluding hydrogens is 334 g/mol. The standard InChI is InChI=1S/C19H25N3O2S/c1-13-7-8-25-18(13)12-22(10-14(2)23)11-15-5-6-16-17(9-15)21(4)19(24)20(16)3/h5-9,14,23H,10-12H2,1-4H3. The number of aromatic nitrogens is 2. The lowest BCUT2D eigenvalue weighted by Crippen LogP contribution is -2.30. The Kier molecular flexibility index (Phi) is 5.13. The van der Waals surface area contributed by atoms with Crippen molar-refractivity contribution in [3.63, 3.8) is 0 Å². The number of rotatable bonds is 6. The molecule has 25 heavy (non-hydrogen) atoms. The molecule has 0 saturated heterocycles. The number of hydrogen-bond donors (Lipinski definition) is 1. The fourth-order valence-electron chi connectivity index (χ4n) is 3.24. The van der Waals surface area contributed by atoms with Gasteiger partial charge in [0.05, 0.1) is 17.1 Å². The van der Waals surface area contributed by atoms with E-state index in [1.807, 2.05) is 13.0 Å². The van der Waals surface area contributed by atoms with Crippen LogP contribution in [0.15, 0.2) is 34.4 Å². The number of fused-ring (bicyclic) bond motifs is 1. The molecule has 3 rings (SSSR count). The lowest BCUT2D eigenvalue weighted by Gasteiger charge is -2.24. The molecule has 5 nitrogen and oxygen atoms in total. The van der Waals surface area contributed by atoms with Crippen molar-refractivity contribution >= 4 is 22.4 Å². The maximum atomic E-state index is 12.1. The zero-order valence-corrected chi connectivity index (χ0v) is 16.0. The zero-order valence-electron chi connectivity index (χ0n) is 15.2. The Morgan fingerprint density at radius 3 is 2.52 bits per heavy atom. The molecule has 0 radical (unpaired) electrons. The lowest BCUT2D eigenvalue weighted by atomic mass is 10.1. The van der Waals surface area contributed by atoms with Crippen molar-refractivity contribution in [3.8, 4) is 0 Å². The average molecular weight is 359 g/mol. The molecule has 0 aliphatic heterocycles. The van der Waals surface area contributed by atoms with Crippen LogP contribution in [0.4, 0.5) is 0 Å². The summed E-state index contributed by atoms with van der Waals surface area (Å²) in [6.07, 6.45) is -0.384. The first-order valence-corrected chi connectivity index (χ1v) is 9.32. The highest BCUT2D eigenvalue weighted by atomic mass is 32.1. The zero-order chi connectivity index (χ0) is 18.1. The second kappa shape index (κ2) is 7.15. The summed E-state index contributed by atoms with van der Waals surface area (Å²) in [5.74, 6) is 0. The van der Waals surface area contributed by atoms with Gasteiger partial charge in [-0.25, -0.2) is 4.79 Å². The van der Waals surface area contributed by atoms with Gasteiger partial charge in [-0.1, -0.05) is 6.07 Å². The normalized spacial score (nSPS) is 13.0. The lowest BCUT2D eigenvalue weighted by molar-refractivity contribution is 0.118. The molecule has 0 aliphatic carbocycles. The average Bonchev–Trinajstić information content (AvgIpc) is 3.05. The van der Waals surface area contributed by atoms with Crippen LogP contribution in [0.5, 0.6) is 0 Å². The van der Waals surface area contributed by atoms with Gasteiger partial charge >= 0.3 is 5.69 Å². The Labute approximate surface area is 151 Å². The number of aliphatic hydroxyl groups is 1. The van der Waals surface area contributed by atoms with E-state index in [0.717, 1.165) is 29.7 Å². The predicted molar refractivity (Wildman–Crippen MR) is 103 cm³/mol. The van der Waals surface area contributed by atoms with Gasteiger partial charge in [0.1, 0.15) is 0 Å². The number of aliphatic hydroxyl groups excluding tert-OH is 1. The van der Waals surface area contributed by atoms with Crippen molar-refractivity contribution in [2.75, 3.05) is 6.54 Å². The molecule has 0 aliphatic rings. The number of nitrogens with zero attached hydrogens (tertiary/aromatic N) is 3. The molecule has 1 unspecified atom stereocenters. The smallest absolute Gasteiger partial charge is 0.328 e. The molecule has 0 fully saturated rings. The Balaban J connectivity index is 1.88. The van der Waals surface area contributed by atoms with Crippen LogP contribution in [0.2, 0.25) is 0 Å². The third-order valence-corrected chi connectivity index (χ3v) is 5.61. The molecule has 134 valence electrons. The first-order chi connectivity index (χ1) is 11.9. The minimum atomic E-state index is -0.384. The molecular formula is C19H25N3O2S. The summed E-state index contributed by atoms with van der Waals surface area (Å²) in [5, 5.41) is 12.0. The van der Waals surface area contributed by atoms with Gasteiger partial charge in [0, 0.05) is 38.6 Å². The molecule has 0 spiro atoms. The van der Waals surface area contributed by atoms with Gasteiger partial charge in [-0.05, 0) is 48.6 Å². The van der Waals surface area contributed by atoms with Gasteiger partial charge in [0.25, 0.3) is 0 Å². The largest absolute Gasteiger partial charge is 0.392 e. The predicted octanol–water partition coefficient (Wildman–Crippen LogP) is 2.63. The van der Waals surface area contributed by atoms with E-state index in [4.69, 9.17) is 0 Å². The van der Waals surface area contributed by atoms with Crippen molar-refractivity contribution in [1.29, 1.82) is 0 Å². The second-order valence-corrected chi connectivity index (χ2v) is 7.77. The Bertz CT molecular complexity index is 936. The van der Waals surface area contributed by atoms with Gasteiger partial charge in [-0.3, -0.25) is 14.0 Å². The van der Waals surface area contributed by atoms with Crippen molar-refractivity contribution < 1.29 is 5.11 Å². The molecule has 0 bridgehead atoms. The van der Waals surface area contributed by atoms with Crippen LogP contribution in [-0.2, 0) is 27.2 Å². The van der Waals surface area contributed by atoms with Crippen molar-refractivity contribution in [3.05, 3.63) is 56.1 Å². The quantitative estimate of drug-likeness (QED) is 0.736. The molecule has 3 aromatic rings. The van der Waals surface area contributed by atoms with Gasteiger partial charge in [0.2, 0.25) is 0 Å². The fraction of sp³-hybridized carbons (Fsp3) is 0.421. The Hall–Kier alpha value is -1.89. The first kappa shape index (κ1) is 17.9. The minimum absolute atomic E-state index is 0.0119. The Morgan fingerprint density at radius 2 is 1.88 bits per heavy atom. The molecule has 1 N–H and O–H groups in total. The van der Waals surface area contributed by atoms with E-state index in [1.165, 1.54) is 10.4 Å². The van der Waals surface area contributed by atoms with E-state index in [0.29, 0.717) is 6.54 Å². The van der Waals surface area contributed by atoms with Crippen LogP contribution in [0, 0.1) is 6.92 Å². The summed E-state index contributed by atoms with van der Waals surface area (Å²) in [4.78, 5) is 15.7. The number of imidazole rings is 1. The van der Waals surface area contributed by atoms with E-state index in [2.05, 4.69) is 35.4 Å². The number of thiophene rings is 1. The van der Waals surface area contributed by atoms with Crippen molar-refractivity contribution in [1.82, 2.24) is 14.0 Å². The highest BCUT2D eigenvalue weighted by Crippen LogP contribution is 2.21. The second-order valence-electron chi connectivity index (χ2n) is 6.77. The molecule has 2 aromatic heterocycles. The van der Waals surface area contributed by atoms with E-state index in [-0.39, 0.29) is 11.8 Å². The molecule has 1 atom stereocenters. The van der Waals surface area contributed by atoms with Crippen LogP contribution >= 0.6 is 11.3 Å². The molecule has 6 heteroatoms. The maximum absolute atomic E-state index is 12.1. The highest BCUT2D eigenvalue weighted by Gasteiger charge is 2.14. The molecule has 0 amide bonds. The van der Waals surface area contributed by atoms with Gasteiger partial charge in [-0.15, -0.1) is 11.3 Å². The van der Waals surface area contributed by atoms with Crippen LogP contribution in [0.3, 0.4) is 0 Å². The maximum Gasteiger partial charge on any atom is 0.328 e. The summed E-state index contributed by atoms with van der Waals surface area (Å²) >= 11 is 1.75. The summed E-state index contributed by atoms with van der Waals surface area (Å²) in [6.45, 7) is 6.11. The SMILES string of the molecule is Cc1ccsc1CN(Cc1ccc2c(c1)n(C)c(=O)n2C)CC(C)O. The third kappa shape index (κ3) is 3.71. The van der Waals surface area contributed by atoms with Gasteiger partial charge in [0.15, 0.2) is 0 Å². The topological polar surface area (TPSA) is 50.4 Å². The van der Waals surface area contributed by atoms with Crippen LogP contribution in [0.1, 0.15) is 22.9 Å². The van der Waals surface area contributed by atoms with Crippen LogP contribution in [0.25, 0.3) is 11.0 Å². The fourth-order valence-corrected chi connectivity index (χ4v) is 4.18. The van der Waals surface area contributed by atoms with E-state index < -0.39 is 0 Å². The number of aryl methyl sites for hydroxylation is 3. The third-order valence-electron chi connectivity index (χ3n) is 4.60. The molecule has 0 saturated carbocycles. The minimum Gasteiger partial charge on any atom is -0.392 e. The number of hydrogen-bond acceptors (Lipinski definition) is 4. The van der Waals surface area contributed by atoms with E-state index in [1.54, 1.807) is 34.6 Å².